The molecular weight excluding hydrogens is 309 g/mol. The highest BCUT2D eigenvalue weighted by molar-refractivity contribution is 6.08. The summed E-state index contributed by atoms with van der Waals surface area (Å²) in [6.45, 7) is 1.43. The van der Waals surface area contributed by atoms with E-state index in [4.69, 9.17) is 0 Å². The van der Waals surface area contributed by atoms with Gasteiger partial charge in [-0.3, -0.25) is 9.59 Å². The maximum Gasteiger partial charge on any atom is 0.290 e. The topological polar surface area (TPSA) is 57.6 Å². The highest BCUT2D eigenvalue weighted by atomic mass is 19.1. The highest BCUT2D eigenvalue weighted by Crippen LogP contribution is 2.39. The molecule has 0 spiro atoms. The number of carbonyl (C=O) groups is 2. The number of nitrogens with zero attached hydrogens (tertiary/aromatic N) is 1. The van der Waals surface area contributed by atoms with Gasteiger partial charge >= 0.3 is 0 Å². The number of amides is 1. The summed E-state index contributed by atoms with van der Waals surface area (Å²) in [5.74, 6) is -2.25. The third-order valence-corrected chi connectivity index (χ3v) is 4.08. The van der Waals surface area contributed by atoms with Crippen molar-refractivity contribution in [2.24, 2.45) is 0 Å². The summed E-state index contributed by atoms with van der Waals surface area (Å²) in [5, 5.41) is 10.1. The van der Waals surface area contributed by atoms with Gasteiger partial charge in [-0.2, -0.15) is 0 Å². The van der Waals surface area contributed by atoms with Gasteiger partial charge < -0.3 is 10.0 Å². The number of ketones is 1. The first kappa shape index (κ1) is 15.9. The Bertz CT molecular complexity index is 830. The Balaban J connectivity index is 2.09. The molecule has 0 aromatic heterocycles. The second-order valence-electron chi connectivity index (χ2n) is 5.66. The average Bonchev–Trinajstić information content (AvgIpc) is 2.81. The molecule has 1 amide bonds. The Morgan fingerprint density at radius 3 is 2.38 bits per heavy atom. The van der Waals surface area contributed by atoms with E-state index in [0.29, 0.717) is 0 Å². The third-order valence-electron chi connectivity index (χ3n) is 4.08. The number of rotatable bonds is 4. The molecule has 5 heteroatoms. The minimum Gasteiger partial charge on any atom is -0.503 e. The molecule has 0 aliphatic carbocycles. The normalized spacial score (nSPS) is 17.5. The Morgan fingerprint density at radius 2 is 1.75 bits per heavy atom. The van der Waals surface area contributed by atoms with Gasteiger partial charge in [0.15, 0.2) is 11.5 Å². The molecule has 0 bridgehead atoms. The molecule has 2 aromatic rings. The van der Waals surface area contributed by atoms with Crippen LogP contribution >= 0.6 is 0 Å². The van der Waals surface area contributed by atoms with Gasteiger partial charge in [-0.05, 0) is 18.6 Å². The minimum absolute atomic E-state index is 0.0685. The zero-order valence-corrected chi connectivity index (χ0v) is 13.1. The quantitative estimate of drug-likeness (QED) is 0.938. The maximum absolute atomic E-state index is 14.3. The largest absolute Gasteiger partial charge is 0.503 e. The van der Waals surface area contributed by atoms with Crippen molar-refractivity contribution in [3.8, 4) is 0 Å². The van der Waals surface area contributed by atoms with Crippen LogP contribution in [0.3, 0.4) is 0 Å². The molecule has 1 atom stereocenters. The Labute approximate surface area is 138 Å². The molecule has 3 rings (SSSR count). The van der Waals surface area contributed by atoms with Crippen molar-refractivity contribution in [3.05, 3.63) is 82.9 Å². The molecule has 24 heavy (non-hydrogen) atoms. The summed E-state index contributed by atoms with van der Waals surface area (Å²) in [7, 11) is 0. The van der Waals surface area contributed by atoms with Crippen molar-refractivity contribution in [2.75, 3.05) is 0 Å². The molecule has 0 saturated heterocycles. The smallest absolute Gasteiger partial charge is 0.290 e. The summed E-state index contributed by atoms with van der Waals surface area (Å²) in [6.07, 6.45) is 0. The summed E-state index contributed by atoms with van der Waals surface area (Å²) in [5.41, 5.74) is 0.946. The van der Waals surface area contributed by atoms with Crippen LogP contribution in [0.1, 0.15) is 24.1 Å². The molecule has 1 heterocycles. The van der Waals surface area contributed by atoms with E-state index in [-0.39, 0.29) is 17.7 Å². The van der Waals surface area contributed by atoms with Gasteiger partial charge in [0.2, 0.25) is 0 Å². The van der Waals surface area contributed by atoms with Crippen LogP contribution in [0.25, 0.3) is 0 Å². The number of aliphatic hydroxyl groups is 1. The maximum atomic E-state index is 14.3. The predicted molar refractivity (Wildman–Crippen MR) is 86.5 cm³/mol. The molecule has 1 aliphatic rings. The molecule has 4 nitrogen and oxygen atoms in total. The van der Waals surface area contributed by atoms with Crippen LogP contribution in [0, 0.1) is 5.82 Å². The number of hydrogen-bond acceptors (Lipinski definition) is 3. The lowest BCUT2D eigenvalue weighted by Gasteiger charge is -2.27. The monoisotopic (exact) mass is 325 g/mol. The summed E-state index contributed by atoms with van der Waals surface area (Å²) in [4.78, 5) is 25.8. The molecule has 0 unspecified atom stereocenters. The standard InChI is InChI=1S/C19H16FNO3/c1-12(22)16-17(14-9-5-6-10-15(14)20)21(19(24)18(16)23)11-13-7-3-2-4-8-13/h2-10,17,23H,11H2,1H3/t17-/m1/s1. The molecular formula is C19H16FNO3. The van der Waals surface area contributed by atoms with E-state index in [2.05, 4.69) is 0 Å². The van der Waals surface area contributed by atoms with Gasteiger partial charge in [0.25, 0.3) is 5.91 Å². The fourth-order valence-electron chi connectivity index (χ4n) is 2.98. The lowest BCUT2D eigenvalue weighted by molar-refractivity contribution is -0.130. The van der Waals surface area contributed by atoms with E-state index in [1.54, 1.807) is 6.07 Å². The summed E-state index contributed by atoms with van der Waals surface area (Å²) >= 11 is 0. The summed E-state index contributed by atoms with van der Waals surface area (Å²) < 4.78 is 14.3. The van der Waals surface area contributed by atoms with E-state index in [1.807, 2.05) is 30.3 Å². The highest BCUT2D eigenvalue weighted by Gasteiger charge is 2.43. The third kappa shape index (κ3) is 2.69. The number of carbonyl (C=O) groups excluding carboxylic acids is 2. The van der Waals surface area contributed by atoms with Crippen LogP contribution in [0.2, 0.25) is 0 Å². The number of aliphatic hydroxyl groups excluding tert-OH is 1. The Hall–Kier alpha value is -2.95. The van der Waals surface area contributed by atoms with E-state index in [9.17, 15) is 19.1 Å². The van der Waals surface area contributed by atoms with Gasteiger partial charge in [-0.15, -0.1) is 0 Å². The van der Waals surface area contributed by atoms with Crippen molar-refractivity contribution >= 4 is 11.7 Å². The molecule has 122 valence electrons. The van der Waals surface area contributed by atoms with Crippen molar-refractivity contribution < 1.29 is 19.1 Å². The van der Waals surface area contributed by atoms with Crippen molar-refractivity contribution in [2.45, 2.75) is 19.5 Å². The zero-order chi connectivity index (χ0) is 17.3. The second kappa shape index (κ2) is 6.28. The Morgan fingerprint density at radius 1 is 1.12 bits per heavy atom. The van der Waals surface area contributed by atoms with E-state index >= 15 is 0 Å². The van der Waals surface area contributed by atoms with Gasteiger partial charge in [0, 0.05) is 12.1 Å². The van der Waals surface area contributed by atoms with Crippen LogP contribution in [0.5, 0.6) is 0 Å². The van der Waals surface area contributed by atoms with Gasteiger partial charge in [-0.1, -0.05) is 48.5 Å². The number of hydrogen-bond donors (Lipinski definition) is 1. The van der Waals surface area contributed by atoms with Crippen LogP contribution in [-0.4, -0.2) is 21.7 Å². The first-order valence-corrected chi connectivity index (χ1v) is 7.54. The fourth-order valence-corrected chi connectivity index (χ4v) is 2.98. The molecule has 0 radical (unpaired) electrons. The molecule has 0 saturated carbocycles. The molecule has 2 aromatic carbocycles. The number of Topliss-reactive ketones (excluding diaryl/α,β-unsaturated/α-hetero) is 1. The Kier molecular flexibility index (Phi) is 4.16. The molecule has 0 fully saturated rings. The van der Waals surface area contributed by atoms with Crippen LogP contribution < -0.4 is 0 Å². The first-order valence-electron chi connectivity index (χ1n) is 7.54. The lowest BCUT2D eigenvalue weighted by Crippen LogP contribution is -2.31. The van der Waals surface area contributed by atoms with Crippen molar-refractivity contribution in [1.82, 2.24) is 4.90 Å². The van der Waals surface area contributed by atoms with E-state index in [0.717, 1.165) is 5.56 Å². The number of benzene rings is 2. The van der Waals surface area contributed by atoms with Crippen LogP contribution in [0.15, 0.2) is 65.9 Å². The first-order chi connectivity index (χ1) is 11.5. The van der Waals surface area contributed by atoms with Crippen molar-refractivity contribution in [1.29, 1.82) is 0 Å². The average molecular weight is 325 g/mol. The van der Waals surface area contributed by atoms with Gasteiger partial charge in [-0.25, -0.2) is 4.39 Å². The number of halogens is 1. The van der Waals surface area contributed by atoms with Crippen molar-refractivity contribution in [3.63, 3.8) is 0 Å². The predicted octanol–water partition coefficient (Wildman–Crippen LogP) is 3.31. The van der Waals surface area contributed by atoms with E-state index in [1.165, 1.54) is 30.0 Å². The van der Waals surface area contributed by atoms with Gasteiger partial charge in [0.05, 0.1) is 11.6 Å². The SMILES string of the molecule is CC(=O)C1=C(O)C(=O)N(Cc2ccccc2)[C@@H]1c1ccccc1F. The molecule has 1 aliphatic heterocycles. The second-order valence-corrected chi connectivity index (χ2v) is 5.66. The van der Waals surface area contributed by atoms with E-state index < -0.39 is 29.3 Å². The summed E-state index contributed by atoms with van der Waals surface area (Å²) in [6, 6.07) is 14.2. The zero-order valence-electron chi connectivity index (χ0n) is 13.1. The van der Waals surface area contributed by atoms with Crippen LogP contribution in [-0.2, 0) is 16.1 Å². The van der Waals surface area contributed by atoms with Gasteiger partial charge in [0.1, 0.15) is 5.82 Å². The minimum atomic E-state index is -0.934. The van der Waals surface area contributed by atoms with Crippen LogP contribution in [0.4, 0.5) is 4.39 Å². The fraction of sp³-hybridized carbons (Fsp3) is 0.158. The lowest BCUT2D eigenvalue weighted by atomic mass is 9.96. The molecule has 1 N–H and O–H groups in total.